The maximum absolute atomic E-state index is 6.14. The molecule has 94 valence electrons. The number of hydrogen-bond acceptors (Lipinski definition) is 2. The van der Waals surface area contributed by atoms with Crippen molar-refractivity contribution < 1.29 is 4.74 Å². The molecule has 1 atom stereocenters. The van der Waals surface area contributed by atoms with E-state index in [0.717, 1.165) is 17.4 Å². The van der Waals surface area contributed by atoms with Crippen LogP contribution in [-0.2, 0) is 0 Å². The van der Waals surface area contributed by atoms with Crippen molar-refractivity contribution in [3.05, 3.63) is 23.2 Å². The molecule has 2 nitrogen and oxygen atoms in total. The van der Waals surface area contributed by atoms with Crippen LogP contribution in [0.15, 0.2) is 18.2 Å². The third kappa shape index (κ3) is 3.81. The van der Waals surface area contributed by atoms with E-state index in [1.54, 1.807) is 0 Å². The Hall–Kier alpha value is -0.890. The van der Waals surface area contributed by atoms with Crippen molar-refractivity contribution >= 4 is 17.3 Å². The number of benzene rings is 1. The third-order valence-corrected chi connectivity index (χ3v) is 3.32. The Bertz CT molecular complexity index is 376. The molecule has 0 aromatic heterocycles. The van der Waals surface area contributed by atoms with Crippen LogP contribution < -0.4 is 10.1 Å². The lowest BCUT2D eigenvalue weighted by Gasteiger charge is -2.16. The Balaban J connectivity index is 1.93. The molecule has 0 amide bonds. The molecule has 3 heteroatoms. The van der Waals surface area contributed by atoms with Gasteiger partial charge >= 0.3 is 0 Å². The highest BCUT2D eigenvalue weighted by Crippen LogP contribution is 2.34. The zero-order valence-electron chi connectivity index (χ0n) is 10.5. The van der Waals surface area contributed by atoms with Crippen molar-refractivity contribution in [3.8, 4) is 5.75 Å². The zero-order valence-corrected chi connectivity index (χ0v) is 11.3. The fourth-order valence-electron chi connectivity index (χ4n) is 2.06. The minimum atomic E-state index is 0.511. The number of anilines is 1. The molecule has 1 saturated carbocycles. The summed E-state index contributed by atoms with van der Waals surface area (Å²) in [5, 5.41) is 4.16. The van der Waals surface area contributed by atoms with Crippen molar-refractivity contribution in [2.24, 2.45) is 5.92 Å². The number of hydrogen-bond donors (Lipinski definition) is 1. The van der Waals surface area contributed by atoms with Crippen LogP contribution in [0.5, 0.6) is 5.75 Å². The lowest BCUT2D eigenvalue weighted by molar-refractivity contribution is 0.340. The van der Waals surface area contributed by atoms with Gasteiger partial charge in [0.05, 0.1) is 11.6 Å². The third-order valence-electron chi connectivity index (χ3n) is 3.03. The van der Waals surface area contributed by atoms with E-state index in [1.807, 2.05) is 25.1 Å². The maximum atomic E-state index is 6.14. The van der Waals surface area contributed by atoms with E-state index in [-0.39, 0.29) is 0 Å². The minimum absolute atomic E-state index is 0.511. The molecule has 17 heavy (non-hydrogen) atoms. The van der Waals surface area contributed by atoms with Crippen molar-refractivity contribution in [2.45, 2.75) is 39.2 Å². The van der Waals surface area contributed by atoms with Crippen LogP contribution in [0, 0.1) is 5.92 Å². The van der Waals surface area contributed by atoms with Gasteiger partial charge in [0, 0.05) is 11.7 Å². The molecule has 1 unspecified atom stereocenters. The first kappa shape index (κ1) is 12.6. The van der Waals surface area contributed by atoms with Gasteiger partial charge in [0.2, 0.25) is 0 Å². The number of halogens is 1. The minimum Gasteiger partial charge on any atom is -0.492 e. The summed E-state index contributed by atoms with van der Waals surface area (Å²) in [6.45, 7) is 4.83. The maximum Gasteiger partial charge on any atom is 0.138 e. The average molecular weight is 254 g/mol. The number of ether oxygens (including phenoxy) is 1. The van der Waals surface area contributed by atoms with Crippen LogP contribution in [0.2, 0.25) is 5.02 Å². The van der Waals surface area contributed by atoms with Crippen LogP contribution in [-0.4, -0.2) is 12.6 Å². The fraction of sp³-hybridized carbons (Fsp3) is 0.571. The van der Waals surface area contributed by atoms with Crippen LogP contribution in [0.4, 0.5) is 5.69 Å². The van der Waals surface area contributed by atoms with Gasteiger partial charge in [0.25, 0.3) is 0 Å². The van der Waals surface area contributed by atoms with E-state index in [2.05, 4.69) is 12.2 Å². The lowest BCUT2D eigenvalue weighted by Crippen LogP contribution is -2.15. The predicted molar refractivity (Wildman–Crippen MR) is 73.0 cm³/mol. The van der Waals surface area contributed by atoms with E-state index in [1.165, 1.54) is 19.3 Å². The monoisotopic (exact) mass is 253 g/mol. The summed E-state index contributed by atoms with van der Waals surface area (Å²) in [6, 6.07) is 6.41. The van der Waals surface area contributed by atoms with Crippen molar-refractivity contribution in [2.75, 3.05) is 11.9 Å². The zero-order chi connectivity index (χ0) is 12.3. The second-order valence-corrected chi connectivity index (χ2v) is 5.21. The van der Waals surface area contributed by atoms with Crippen molar-refractivity contribution in [3.63, 3.8) is 0 Å². The standard InChI is InChI=1S/C14H20ClNO/c1-3-17-14-7-6-12(9-13(14)15)16-10(2)8-11-4-5-11/h6-7,9-11,16H,3-5,8H2,1-2H3. The number of rotatable bonds is 6. The molecule has 1 N–H and O–H groups in total. The second-order valence-electron chi connectivity index (χ2n) is 4.80. The Morgan fingerprint density at radius 2 is 2.24 bits per heavy atom. The van der Waals surface area contributed by atoms with Crippen molar-refractivity contribution in [1.82, 2.24) is 0 Å². The van der Waals surface area contributed by atoms with E-state index in [0.29, 0.717) is 17.7 Å². The molecule has 2 rings (SSSR count). The normalized spacial score (nSPS) is 16.6. The SMILES string of the molecule is CCOc1ccc(NC(C)CC2CC2)cc1Cl. The highest BCUT2D eigenvalue weighted by atomic mass is 35.5. The van der Waals surface area contributed by atoms with Gasteiger partial charge in [0.15, 0.2) is 0 Å². The predicted octanol–water partition coefficient (Wildman–Crippen LogP) is 4.34. The second kappa shape index (κ2) is 5.63. The summed E-state index contributed by atoms with van der Waals surface area (Å²) >= 11 is 6.14. The van der Waals surface area contributed by atoms with Gasteiger partial charge in [-0.05, 0) is 44.4 Å². The Kier molecular flexibility index (Phi) is 4.16. The largest absolute Gasteiger partial charge is 0.492 e. The summed E-state index contributed by atoms with van der Waals surface area (Å²) in [5.74, 6) is 1.70. The average Bonchev–Trinajstić information content (AvgIpc) is 3.06. The van der Waals surface area contributed by atoms with Crippen LogP contribution in [0.3, 0.4) is 0 Å². The Labute approximate surface area is 108 Å². The molecule has 0 spiro atoms. The highest BCUT2D eigenvalue weighted by molar-refractivity contribution is 6.32. The molecule has 1 aromatic rings. The summed E-state index contributed by atoms with van der Waals surface area (Å²) in [4.78, 5) is 0. The van der Waals surface area contributed by atoms with E-state index < -0.39 is 0 Å². The molecule has 1 aliphatic carbocycles. The van der Waals surface area contributed by atoms with Crippen molar-refractivity contribution in [1.29, 1.82) is 0 Å². The Morgan fingerprint density at radius 1 is 1.47 bits per heavy atom. The first-order chi connectivity index (χ1) is 8.19. The summed E-state index contributed by atoms with van der Waals surface area (Å²) < 4.78 is 5.41. The van der Waals surface area contributed by atoms with E-state index in [9.17, 15) is 0 Å². The van der Waals surface area contributed by atoms with Crippen LogP contribution in [0.1, 0.15) is 33.1 Å². The molecular weight excluding hydrogens is 234 g/mol. The van der Waals surface area contributed by atoms with Gasteiger partial charge in [0.1, 0.15) is 5.75 Å². The fourth-order valence-corrected chi connectivity index (χ4v) is 2.30. The van der Waals surface area contributed by atoms with E-state index >= 15 is 0 Å². The molecule has 0 heterocycles. The first-order valence-electron chi connectivity index (χ1n) is 6.38. The molecule has 0 bridgehead atoms. The summed E-state index contributed by atoms with van der Waals surface area (Å²) in [7, 11) is 0. The van der Waals surface area contributed by atoms with Crippen LogP contribution in [0.25, 0.3) is 0 Å². The topological polar surface area (TPSA) is 21.3 Å². The first-order valence-corrected chi connectivity index (χ1v) is 6.75. The van der Waals surface area contributed by atoms with Gasteiger partial charge in [-0.2, -0.15) is 0 Å². The van der Waals surface area contributed by atoms with Gasteiger partial charge in [-0.15, -0.1) is 0 Å². The highest BCUT2D eigenvalue weighted by Gasteiger charge is 2.23. The van der Waals surface area contributed by atoms with Gasteiger partial charge in [-0.25, -0.2) is 0 Å². The smallest absolute Gasteiger partial charge is 0.138 e. The summed E-state index contributed by atoms with van der Waals surface area (Å²) in [6.07, 6.45) is 4.05. The number of nitrogens with one attached hydrogen (secondary N) is 1. The van der Waals surface area contributed by atoms with Gasteiger partial charge in [-0.3, -0.25) is 0 Å². The molecular formula is C14H20ClNO. The molecule has 0 aliphatic heterocycles. The molecule has 0 saturated heterocycles. The van der Waals surface area contributed by atoms with E-state index in [4.69, 9.17) is 16.3 Å². The Morgan fingerprint density at radius 3 is 2.82 bits per heavy atom. The van der Waals surface area contributed by atoms with Crippen LogP contribution >= 0.6 is 11.6 Å². The summed E-state index contributed by atoms with van der Waals surface area (Å²) in [5.41, 5.74) is 1.08. The van der Waals surface area contributed by atoms with Gasteiger partial charge < -0.3 is 10.1 Å². The quantitative estimate of drug-likeness (QED) is 0.814. The molecule has 1 fully saturated rings. The molecule has 1 aromatic carbocycles. The van der Waals surface area contributed by atoms with Gasteiger partial charge in [-0.1, -0.05) is 24.4 Å². The molecule has 0 radical (unpaired) electrons. The lowest BCUT2D eigenvalue weighted by atomic mass is 10.1. The molecule has 1 aliphatic rings.